The van der Waals surface area contributed by atoms with Crippen LogP contribution in [0.4, 0.5) is 0 Å². The van der Waals surface area contributed by atoms with E-state index in [1.165, 1.54) is 4.88 Å². The van der Waals surface area contributed by atoms with Gasteiger partial charge < -0.3 is 10.1 Å². The maximum atomic E-state index is 12.1. The van der Waals surface area contributed by atoms with Crippen LogP contribution in [0, 0.1) is 18.8 Å². The second kappa shape index (κ2) is 6.92. The number of likely N-dealkylation sites (tertiary alicyclic amines) is 1. The number of ether oxygens (including phenoxy) is 1. The van der Waals surface area contributed by atoms with Gasteiger partial charge in [0.05, 0.1) is 23.9 Å². The molecular formula is C17H21N3O2S2. The molecule has 2 fully saturated rings. The summed E-state index contributed by atoms with van der Waals surface area (Å²) in [4.78, 5) is 20.2. The second-order valence-electron chi connectivity index (χ2n) is 6.57. The van der Waals surface area contributed by atoms with Crippen molar-refractivity contribution in [3.63, 3.8) is 0 Å². The number of thiazole rings is 1. The van der Waals surface area contributed by atoms with Gasteiger partial charge >= 0.3 is 0 Å². The van der Waals surface area contributed by atoms with Gasteiger partial charge in [-0.1, -0.05) is 0 Å². The van der Waals surface area contributed by atoms with Crippen molar-refractivity contribution < 1.29 is 9.53 Å². The predicted molar refractivity (Wildman–Crippen MR) is 95.5 cm³/mol. The van der Waals surface area contributed by atoms with E-state index in [2.05, 4.69) is 22.1 Å². The van der Waals surface area contributed by atoms with E-state index in [-0.39, 0.29) is 5.91 Å². The Bertz CT molecular complexity index is 701. The van der Waals surface area contributed by atoms with Crippen LogP contribution in [0.25, 0.3) is 0 Å². The second-order valence-corrected chi connectivity index (χ2v) is 8.29. The molecule has 128 valence electrons. The summed E-state index contributed by atoms with van der Waals surface area (Å²) in [6.07, 6.45) is 0.307. The van der Waals surface area contributed by atoms with Crippen LogP contribution in [0.15, 0.2) is 22.3 Å². The van der Waals surface area contributed by atoms with Gasteiger partial charge in [0, 0.05) is 53.8 Å². The zero-order valence-corrected chi connectivity index (χ0v) is 15.2. The Morgan fingerprint density at radius 2 is 2.42 bits per heavy atom. The molecule has 2 aliphatic heterocycles. The van der Waals surface area contributed by atoms with Crippen molar-refractivity contribution in [3.05, 3.63) is 38.5 Å². The van der Waals surface area contributed by atoms with Crippen LogP contribution in [0.3, 0.4) is 0 Å². The van der Waals surface area contributed by atoms with Crippen molar-refractivity contribution in [2.45, 2.75) is 19.6 Å². The van der Waals surface area contributed by atoms with Crippen LogP contribution in [0.1, 0.15) is 20.9 Å². The molecule has 0 aliphatic carbocycles. The van der Waals surface area contributed by atoms with Gasteiger partial charge in [-0.2, -0.15) is 11.3 Å². The first kappa shape index (κ1) is 16.2. The minimum Gasteiger partial charge on any atom is -0.376 e. The fourth-order valence-corrected chi connectivity index (χ4v) is 5.07. The summed E-state index contributed by atoms with van der Waals surface area (Å²) >= 11 is 3.28. The summed E-state index contributed by atoms with van der Waals surface area (Å²) in [6, 6.07) is 1.86. The maximum Gasteiger partial charge on any atom is 0.252 e. The fourth-order valence-electron chi connectivity index (χ4n) is 3.62. The smallest absolute Gasteiger partial charge is 0.252 e. The van der Waals surface area contributed by atoms with Crippen molar-refractivity contribution in [2.24, 2.45) is 11.8 Å². The van der Waals surface area contributed by atoms with Crippen LogP contribution in [0.2, 0.25) is 0 Å². The normalized spacial score (nSPS) is 26.6. The number of aromatic nitrogens is 1. The minimum atomic E-state index is 0.0230. The Morgan fingerprint density at radius 3 is 3.17 bits per heavy atom. The number of amides is 1. The molecule has 1 N–H and O–H groups in total. The summed E-state index contributed by atoms with van der Waals surface area (Å²) in [6.45, 7) is 6.51. The number of carbonyl (C=O) groups excluding carboxylic acids is 1. The molecule has 0 spiro atoms. The number of carbonyl (C=O) groups is 1. The number of thiophene rings is 1. The molecule has 0 bridgehead atoms. The summed E-state index contributed by atoms with van der Waals surface area (Å²) in [5.74, 6) is 0.945. The quantitative estimate of drug-likeness (QED) is 0.886. The van der Waals surface area contributed by atoms with Crippen LogP contribution in [0.5, 0.6) is 0 Å². The van der Waals surface area contributed by atoms with E-state index in [1.807, 2.05) is 22.3 Å². The molecule has 4 heterocycles. The molecule has 2 aromatic rings. The highest BCUT2D eigenvalue weighted by atomic mass is 32.1. The number of hydrogen-bond acceptors (Lipinski definition) is 6. The van der Waals surface area contributed by atoms with Crippen molar-refractivity contribution >= 4 is 28.6 Å². The Labute approximate surface area is 149 Å². The number of nitrogens with one attached hydrogen (secondary N) is 1. The molecule has 0 unspecified atom stereocenters. The topological polar surface area (TPSA) is 54.5 Å². The Balaban J connectivity index is 1.31. The number of rotatable bonds is 5. The number of fused-ring (bicyclic) bond motifs is 1. The third-order valence-corrected chi connectivity index (χ3v) is 6.64. The molecule has 2 saturated heterocycles. The summed E-state index contributed by atoms with van der Waals surface area (Å²) < 4.78 is 5.99. The lowest BCUT2D eigenvalue weighted by Crippen LogP contribution is -2.34. The van der Waals surface area contributed by atoms with Crippen molar-refractivity contribution in [2.75, 3.05) is 26.2 Å². The molecule has 1 amide bonds. The highest BCUT2D eigenvalue weighted by Gasteiger charge is 2.43. The third-order valence-electron chi connectivity index (χ3n) is 5.03. The molecule has 3 atom stereocenters. The lowest BCUT2D eigenvalue weighted by molar-refractivity contribution is 0.0904. The van der Waals surface area contributed by atoms with E-state index >= 15 is 0 Å². The molecule has 2 aliphatic rings. The number of hydrogen-bond donors (Lipinski definition) is 1. The Morgan fingerprint density at radius 1 is 1.50 bits per heavy atom. The molecule has 0 aromatic carbocycles. The van der Waals surface area contributed by atoms with Crippen LogP contribution >= 0.6 is 22.7 Å². The Hall–Kier alpha value is -1.28. The van der Waals surface area contributed by atoms with Crippen molar-refractivity contribution in [1.82, 2.24) is 15.2 Å². The monoisotopic (exact) mass is 363 g/mol. The highest BCUT2D eigenvalue weighted by Crippen LogP contribution is 2.34. The van der Waals surface area contributed by atoms with Gasteiger partial charge in [-0.15, -0.1) is 11.3 Å². The Kier molecular flexibility index (Phi) is 4.67. The zero-order valence-electron chi connectivity index (χ0n) is 13.6. The van der Waals surface area contributed by atoms with E-state index < -0.39 is 0 Å². The maximum absolute atomic E-state index is 12.1. The van der Waals surface area contributed by atoms with Gasteiger partial charge in [0.15, 0.2) is 0 Å². The summed E-state index contributed by atoms with van der Waals surface area (Å²) in [7, 11) is 0. The molecule has 0 saturated carbocycles. The predicted octanol–water partition coefficient (Wildman–Crippen LogP) is 2.39. The first-order valence-corrected chi connectivity index (χ1v) is 10.1. The van der Waals surface area contributed by atoms with E-state index in [4.69, 9.17) is 4.74 Å². The third kappa shape index (κ3) is 3.26. The average molecular weight is 364 g/mol. The van der Waals surface area contributed by atoms with Gasteiger partial charge in [0.2, 0.25) is 0 Å². The molecule has 2 aromatic heterocycles. The van der Waals surface area contributed by atoms with Gasteiger partial charge in [-0.05, 0) is 18.4 Å². The largest absolute Gasteiger partial charge is 0.376 e. The average Bonchev–Trinajstić information content (AvgIpc) is 3.32. The molecule has 24 heavy (non-hydrogen) atoms. The van der Waals surface area contributed by atoms with E-state index in [1.54, 1.807) is 22.7 Å². The van der Waals surface area contributed by atoms with Crippen LogP contribution < -0.4 is 5.32 Å². The lowest BCUT2D eigenvalue weighted by atomic mass is 9.93. The fraction of sp³-hybridized carbons (Fsp3) is 0.529. The molecule has 0 radical (unpaired) electrons. The zero-order chi connectivity index (χ0) is 16.5. The number of nitrogens with zero attached hydrogens (tertiary/aromatic N) is 2. The molecule has 5 nitrogen and oxygen atoms in total. The SMILES string of the molecule is Cc1ncsc1CN1C[C@H]2[C@@H](CNC(=O)c3ccsc3)CO[C@H]2C1. The van der Waals surface area contributed by atoms with Crippen molar-refractivity contribution in [3.8, 4) is 0 Å². The van der Waals surface area contributed by atoms with Gasteiger partial charge in [0.1, 0.15) is 0 Å². The number of aryl methyl sites for hydroxylation is 1. The summed E-state index contributed by atoms with van der Waals surface area (Å²) in [5.41, 5.74) is 3.81. The molecule has 7 heteroatoms. The first-order chi connectivity index (χ1) is 11.7. The van der Waals surface area contributed by atoms with Crippen molar-refractivity contribution in [1.29, 1.82) is 0 Å². The standard InChI is InChI=1S/C17H21N3O2S2/c1-11-16(24-10-19-11)7-20-5-14-13(8-22-15(14)6-20)4-18-17(21)12-2-3-23-9-12/h2-3,9-10,13-15H,4-8H2,1H3,(H,18,21)/t13-,14-,15-/m0/s1. The van der Waals surface area contributed by atoms with Gasteiger partial charge in [0.25, 0.3) is 5.91 Å². The van der Waals surface area contributed by atoms with E-state index in [0.29, 0.717) is 24.5 Å². The van der Waals surface area contributed by atoms with Crippen LogP contribution in [-0.4, -0.2) is 48.1 Å². The lowest BCUT2D eigenvalue weighted by Gasteiger charge is -2.19. The molecular weight excluding hydrogens is 342 g/mol. The van der Waals surface area contributed by atoms with Gasteiger partial charge in [-0.3, -0.25) is 9.69 Å². The minimum absolute atomic E-state index is 0.0230. The molecule has 4 rings (SSSR count). The van der Waals surface area contributed by atoms with Crippen LogP contribution in [-0.2, 0) is 11.3 Å². The highest BCUT2D eigenvalue weighted by molar-refractivity contribution is 7.09. The summed E-state index contributed by atoms with van der Waals surface area (Å²) in [5, 5.41) is 6.89. The van der Waals surface area contributed by atoms with E-state index in [0.717, 1.165) is 37.5 Å². The first-order valence-electron chi connectivity index (χ1n) is 8.24. The van der Waals surface area contributed by atoms with E-state index in [9.17, 15) is 4.79 Å². The van der Waals surface area contributed by atoms with Gasteiger partial charge in [-0.25, -0.2) is 4.98 Å².